The van der Waals surface area contributed by atoms with Gasteiger partial charge in [-0.05, 0) is 35.1 Å². The summed E-state index contributed by atoms with van der Waals surface area (Å²) >= 11 is 2.28. The van der Waals surface area contributed by atoms with Crippen LogP contribution in [0.15, 0.2) is 12.3 Å². The SMILES string of the molecule is Cc1cnc(OC2COC2)cc1I. The standard InChI is InChI=1S/C9H10INO2/c1-6-3-11-9(2-8(6)10)13-7-4-12-5-7/h2-3,7H,4-5H2,1H3. The van der Waals surface area contributed by atoms with E-state index in [-0.39, 0.29) is 6.10 Å². The van der Waals surface area contributed by atoms with Crippen LogP contribution in [0.1, 0.15) is 5.56 Å². The Morgan fingerprint density at radius 3 is 2.92 bits per heavy atom. The highest BCUT2D eigenvalue weighted by molar-refractivity contribution is 14.1. The van der Waals surface area contributed by atoms with Crippen molar-refractivity contribution in [1.29, 1.82) is 0 Å². The summed E-state index contributed by atoms with van der Waals surface area (Å²) in [7, 11) is 0. The molecule has 0 amide bonds. The lowest BCUT2D eigenvalue weighted by Crippen LogP contribution is -2.38. The second-order valence-corrected chi connectivity index (χ2v) is 4.21. The van der Waals surface area contributed by atoms with Crippen LogP contribution in [0.5, 0.6) is 5.88 Å². The first-order valence-corrected chi connectivity index (χ1v) is 5.20. The maximum absolute atomic E-state index is 5.55. The second-order valence-electron chi connectivity index (χ2n) is 3.05. The molecule has 0 spiro atoms. The number of aryl methyl sites for hydroxylation is 1. The van der Waals surface area contributed by atoms with E-state index in [0.717, 1.165) is 0 Å². The molecule has 13 heavy (non-hydrogen) atoms. The number of hydrogen-bond donors (Lipinski definition) is 0. The Hall–Kier alpha value is -0.360. The average molecular weight is 291 g/mol. The molecule has 2 heterocycles. The van der Waals surface area contributed by atoms with Crippen molar-refractivity contribution in [2.75, 3.05) is 13.2 Å². The number of ether oxygens (including phenoxy) is 2. The Labute approximate surface area is 90.6 Å². The molecule has 1 aromatic heterocycles. The van der Waals surface area contributed by atoms with Crippen LogP contribution in [-0.4, -0.2) is 24.3 Å². The van der Waals surface area contributed by atoms with Gasteiger partial charge in [-0.25, -0.2) is 4.98 Å². The van der Waals surface area contributed by atoms with Crippen LogP contribution in [0.3, 0.4) is 0 Å². The van der Waals surface area contributed by atoms with Gasteiger partial charge in [-0.3, -0.25) is 0 Å². The molecule has 0 aromatic carbocycles. The summed E-state index contributed by atoms with van der Waals surface area (Å²) in [6.45, 7) is 3.41. The molecule has 1 fully saturated rings. The predicted molar refractivity (Wildman–Crippen MR) is 56.9 cm³/mol. The molecule has 3 nitrogen and oxygen atoms in total. The number of halogens is 1. The second kappa shape index (κ2) is 3.79. The monoisotopic (exact) mass is 291 g/mol. The van der Waals surface area contributed by atoms with E-state index in [1.54, 1.807) is 0 Å². The molecule has 1 aromatic rings. The molecule has 1 aliphatic heterocycles. The molecule has 0 N–H and O–H groups in total. The van der Waals surface area contributed by atoms with E-state index in [9.17, 15) is 0 Å². The van der Waals surface area contributed by atoms with E-state index in [1.807, 2.05) is 19.2 Å². The zero-order valence-corrected chi connectivity index (χ0v) is 9.45. The normalized spacial score (nSPS) is 16.8. The molecular formula is C9H10INO2. The maximum Gasteiger partial charge on any atom is 0.214 e. The lowest BCUT2D eigenvalue weighted by molar-refractivity contribution is -0.0813. The molecule has 4 heteroatoms. The average Bonchev–Trinajstić information content (AvgIpc) is 2.04. The number of aromatic nitrogens is 1. The Balaban J connectivity index is 2.07. The van der Waals surface area contributed by atoms with Gasteiger partial charge in [0.15, 0.2) is 0 Å². The van der Waals surface area contributed by atoms with Crippen LogP contribution in [0, 0.1) is 10.5 Å². The van der Waals surface area contributed by atoms with Gasteiger partial charge in [-0.2, -0.15) is 0 Å². The number of pyridine rings is 1. The van der Waals surface area contributed by atoms with E-state index in [0.29, 0.717) is 19.1 Å². The van der Waals surface area contributed by atoms with Crippen molar-refractivity contribution in [1.82, 2.24) is 4.98 Å². The van der Waals surface area contributed by atoms with Crippen molar-refractivity contribution in [2.45, 2.75) is 13.0 Å². The summed E-state index contributed by atoms with van der Waals surface area (Å²) < 4.78 is 11.7. The van der Waals surface area contributed by atoms with Crippen LogP contribution in [0.2, 0.25) is 0 Å². The number of hydrogen-bond acceptors (Lipinski definition) is 3. The molecular weight excluding hydrogens is 281 g/mol. The number of rotatable bonds is 2. The van der Waals surface area contributed by atoms with Gasteiger partial charge < -0.3 is 9.47 Å². The van der Waals surface area contributed by atoms with Crippen LogP contribution >= 0.6 is 22.6 Å². The van der Waals surface area contributed by atoms with Crippen molar-refractivity contribution >= 4 is 22.6 Å². The summed E-state index contributed by atoms with van der Waals surface area (Å²) in [6, 6.07) is 1.95. The molecule has 0 unspecified atom stereocenters. The largest absolute Gasteiger partial charge is 0.469 e. The van der Waals surface area contributed by atoms with Gasteiger partial charge in [0.25, 0.3) is 0 Å². The van der Waals surface area contributed by atoms with Gasteiger partial charge >= 0.3 is 0 Å². The van der Waals surface area contributed by atoms with E-state index < -0.39 is 0 Å². The van der Waals surface area contributed by atoms with Gasteiger partial charge in [-0.15, -0.1) is 0 Å². The van der Waals surface area contributed by atoms with Crippen molar-refractivity contribution in [3.8, 4) is 5.88 Å². The minimum atomic E-state index is 0.200. The quantitative estimate of drug-likeness (QED) is 0.778. The van der Waals surface area contributed by atoms with E-state index in [1.165, 1.54) is 9.13 Å². The van der Waals surface area contributed by atoms with E-state index in [4.69, 9.17) is 9.47 Å². The third-order valence-corrected chi connectivity index (χ3v) is 3.07. The Kier molecular flexibility index (Phi) is 2.69. The lowest BCUT2D eigenvalue weighted by atomic mass is 10.3. The van der Waals surface area contributed by atoms with Gasteiger partial charge in [0.05, 0.1) is 13.2 Å². The first-order chi connectivity index (χ1) is 6.25. The molecule has 0 aliphatic carbocycles. The van der Waals surface area contributed by atoms with Gasteiger partial charge in [0.1, 0.15) is 6.10 Å². The zero-order chi connectivity index (χ0) is 9.26. The highest BCUT2D eigenvalue weighted by Gasteiger charge is 2.20. The Morgan fingerprint density at radius 2 is 2.38 bits per heavy atom. The zero-order valence-electron chi connectivity index (χ0n) is 7.29. The summed E-state index contributed by atoms with van der Waals surface area (Å²) in [6.07, 6.45) is 2.03. The Morgan fingerprint density at radius 1 is 1.62 bits per heavy atom. The summed E-state index contributed by atoms with van der Waals surface area (Å²) in [5.74, 6) is 0.698. The van der Waals surface area contributed by atoms with Crippen LogP contribution < -0.4 is 4.74 Å². The van der Waals surface area contributed by atoms with Gasteiger partial charge in [-0.1, -0.05) is 0 Å². The minimum absolute atomic E-state index is 0.200. The van der Waals surface area contributed by atoms with Crippen molar-refractivity contribution < 1.29 is 9.47 Å². The Bertz CT molecular complexity index is 312. The fourth-order valence-corrected chi connectivity index (χ4v) is 1.40. The molecule has 0 radical (unpaired) electrons. The molecule has 0 bridgehead atoms. The van der Waals surface area contributed by atoms with Crippen molar-refractivity contribution in [2.24, 2.45) is 0 Å². The minimum Gasteiger partial charge on any atom is -0.469 e. The third-order valence-electron chi connectivity index (χ3n) is 1.91. The van der Waals surface area contributed by atoms with Crippen molar-refractivity contribution in [3.05, 3.63) is 21.4 Å². The molecule has 0 saturated carbocycles. The smallest absolute Gasteiger partial charge is 0.214 e. The molecule has 1 aliphatic rings. The van der Waals surface area contributed by atoms with Crippen LogP contribution in [0.25, 0.3) is 0 Å². The first kappa shape index (κ1) is 9.21. The highest BCUT2D eigenvalue weighted by atomic mass is 127. The molecule has 2 rings (SSSR count). The highest BCUT2D eigenvalue weighted by Crippen LogP contribution is 2.18. The molecule has 0 atom stereocenters. The van der Waals surface area contributed by atoms with Crippen LogP contribution in [0.4, 0.5) is 0 Å². The fourth-order valence-electron chi connectivity index (χ4n) is 0.999. The lowest BCUT2D eigenvalue weighted by Gasteiger charge is -2.26. The van der Waals surface area contributed by atoms with Crippen molar-refractivity contribution in [3.63, 3.8) is 0 Å². The van der Waals surface area contributed by atoms with E-state index >= 15 is 0 Å². The summed E-state index contributed by atoms with van der Waals surface area (Å²) in [4.78, 5) is 4.18. The molecule has 70 valence electrons. The van der Waals surface area contributed by atoms with Crippen LogP contribution in [-0.2, 0) is 4.74 Å². The van der Waals surface area contributed by atoms with Gasteiger partial charge in [0.2, 0.25) is 5.88 Å². The first-order valence-electron chi connectivity index (χ1n) is 4.12. The number of nitrogens with zero attached hydrogens (tertiary/aromatic N) is 1. The predicted octanol–water partition coefficient (Wildman–Crippen LogP) is 1.77. The summed E-state index contributed by atoms with van der Waals surface area (Å²) in [5.41, 5.74) is 1.18. The third kappa shape index (κ3) is 2.11. The fraction of sp³-hybridized carbons (Fsp3) is 0.444. The summed E-state index contributed by atoms with van der Waals surface area (Å²) in [5, 5.41) is 0. The maximum atomic E-state index is 5.55. The van der Waals surface area contributed by atoms with Gasteiger partial charge in [0, 0.05) is 15.8 Å². The molecule has 1 saturated heterocycles. The topological polar surface area (TPSA) is 31.4 Å². The van der Waals surface area contributed by atoms with E-state index in [2.05, 4.69) is 27.6 Å².